The molecule has 0 bridgehead atoms. The Balaban J connectivity index is 1.72. The second-order valence-corrected chi connectivity index (χ2v) is 9.33. The van der Waals surface area contributed by atoms with E-state index in [9.17, 15) is 18.0 Å². The molecule has 1 atom stereocenters. The lowest BCUT2D eigenvalue weighted by molar-refractivity contribution is -0.124. The molecular weight excluding hydrogens is 446 g/mol. The molecule has 0 unspecified atom stereocenters. The van der Waals surface area contributed by atoms with Crippen LogP contribution in [0.25, 0.3) is 0 Å². The minimum absolute atomic E-state index is 0.0123. The minimum Gasteiger partial charge on any atom is -0.493 e. The summed E-state index contributed by atoms with van der Waals surface area (Å²) in [5, 5.41) is 2.85. The largest absolute Gasteiger partial charge is 0.493 e. The third-order valence-corrected chi connectivity index (χ3v) is 6.79. The molecule has 10 heteroatoms. The monoisotopic (exact) mass is 475 g/mol. The number of carbonyl (C=O) groups is 2. The standard InChI is InChI=1S/C23H29N3O6S/c1-4-13-24-22(27)19-6-5-14-26(19)23(28)16-7-9-17(10-8-16)25-33(29,30)18-11-12-20(31-2)21(15-18)32-3/h7-12,15,19,25H,4-6,13-14H2,1-3H3,(H,24,27)/t19-/m1/s1. The van der Waals surface area contributed by atoms with Gasteiger partial charge in [-0.25, -0.2) is 8.42 Å². The maximum Gasteiger partial charge on any atom is 0.262 e. The van der Waals surface area contributed by atoms with Crippen molar-refractivity contribution in [3.05, 3.63) is 48.0 Å². The molecule has 1 saturated heterocycles. The summed E-state index contributed by atoms with van der Waals surface area (Å²) in [5.41, 5.74) is 0.694. The number of likely N-dealkylation sites (tertiary alicyclic amines) is 1. The number of amides is 2. The van der Waals surface area contributed by atoms with Gasteiger partial charge in [0.1, 0.15) is 6.04 Å². The molecule has 2 amide bonds. The van der Waals surface area contributed by atoms with Crippen LogP contribution in [0.3, 0.4) is 0 Å². The number of benzene rings is 2. The number of sulfonamides is 1. The van der Waals surface area contributed by atoms with Crippen molar-refractivity contribution in [2.75, 3.05) is 32.0 Å². The molecule has 2 N–H and O–H groups in total. The summed E-state index contributed by atoms with van der Waals surface area (Å²) in [6.45, 7) is 3.06. The van der Waals surface area contributed by atoms with Crippen molar-refractivity contribution in [3.63, 3.8) is 0 Å². The Kier molecular flexibility index (Phi) is 7.80. The number of nitrogens with one attached hydrogen (secondary N) is 2. The predicted molar refractivity (Wildman–Crippen MR) is 124 cm³/mol. The number of rotatable bonds is 9. The Morgan fingerprint density at radius 1 is 1.06 bits per heavy atom. The van der Waals surface area contributed by atoms with E-state index in [-0.39, 0.29) is 16.7 Å². The Bertz CT molecular complexity index is 1100. The Labute approximate surface area is 194 Å². The molecule has 33 heavy (non-hydrogen) atoms. The van der Waals surface area contributed by atoms with Gasteiger partial charge in [0.05, 0.1) is 19.1 Å². The third-order valence-electron chi connectivity index (χ3n) is 5.41. The second kappa shape index (κ2) is 10.6. The number of hydrogen-bond donors (Lipinski definition) is 2. The lowest BCUT2D eigenvalue weighted by Gasteiger charge is -2.24. The summed E-state index contributed by atoms with van der Waals surface area (Å²) in [6, 6.07) is 9.96. The van der Waals surface area contributed by atoms with Gasteiger partial charge in [-0.05, 0) is 55.7 Å². The molecule has 1 heterocycles. The van der Waals surface area contributed by atoms with Gasteiger partial charge in [-0.2, -0.15) is 0 Å². The molecule has 178 valence electrons. The van der Waals surface area contributed by atoms with Crippen molar-refractivity contribution in [2.45, 2.75) is 37.1 Å². The molecule has 9 nitrogen and oxygen atoms in total. The van der Waals surface area contributed by atoms with E-state index < -0.39 is 16.1 Å². The highest BCUT2D eigenvalue weighted by Gasteiger charge is 2.34. The summed E-state index contributed by atoms with van der Waals surface area (Å²) >= 11 is 0. The van der Waals surface area contributed by atoms with Crippen LogP contribution in [0.2, 0.25) is 0 Å². The highest BCUT2D eigenvalue weighted by atomic mass is 32.2. The van der Waals surface area contributed by atoms with Crippen molar-refractivity contribution < 1.29 is 27.5 Å². The van der Waals surface area contributed by atoms with Crippen molar-refractivity contribution >= 4 is 27.5 Å². The molecule has 0 aromatic heterocycles. The Morgan fingerprint density at radius 2 is 1.76 bits per heavy atom. The van der Waals surface area contributed by atoms with Crippen LogP contribution in [0.5, 0.6) is 11.5 Å². The second-order valence-electron chi connectivity index (χ2n) is 7.65. The van der Waals surface area contributed by atoms with E-state index >= 15 is 0 Å². The van der Waals surface area contributed by atoms with Crippen LogP contribution in [-0.2, 0) is 14.8 Å². The SMILES string of the molecule is CCCNC(=O)[C@H]1CCCN1C(=O)c1ccc(NS(=O)(=O)c2ccc(OC)c(OC)c2)cc1. The highest BCUT2D eigenvalue weighted by molar-refractivity contribution is 7.92. The third kappa shape index (κ3) is 5.57. The van der Waals surface area contributed by atoms with Gasteiger partial charge >= 0.3 is 0 Å². The Morgan fingerprint density at radius 3 is 2.39 bits per heavy atom. The zero-order valence-electron chi connectivity index (χ0n) is 19.0. The summed E-state index contributed by atoms with van der Waals surface area (Å²) in [6.07, 6.45) is 2.22. The quantitative estimate of drug-likeness (QED) is 0.576. The first-order valence-electron chi connectivity index (χ1n) is 10.7. The van der Waals surface area contributed by atoms with Crippen LogP contribution in [0, 0.1) is 0 Å². The topological polar surface area (TPSA) is 114 Å². The summed E-state index contributed by atoms with van der Waals surface area (Å²) in [5.74, 6) is 0.327. The van der Waals surface area contributed by atoms with Gasteiger partial charge in [0.2, 0.25) is 5.91 Å². The summed E-state index contributed by atoms with van der Waals surface area (Å²) in [7, 11) is -0.989. The molecule has 1 aliphatic rings. The molecule has 1 fully saturated rings. The number of ether oxygens (including phenoxy) is 2. The van der Waals surface area contributed by atoms with Gasteiger partial charge in [-0.1, -0.05) is 6.92 Å². The van der Waals surface area contributed by atoms with E-state index in [0.717, 1.165) is 12.8 Å². The van der Waals surface area contributed by atoms with E-state index in [4.69, 9.17) is 9.47 Å². The fourth-order valence-corrected chi connectivity index (χ4v) is 4.77. The lowest BCUT2D eigenvalue weighted by Crippen LogP contribution is -2.46. The molecule has 2 aromatic rings. The molecule has 2 aromatic carbocycles. The van der Waals surface area contributed by atoms with Gasteiger partial charge in [0.15, 0.2) is 11.5 Å². The van der Waals surface area contributed by atoms with E-state index in [2.05, 4.69) is 10.0 Å². The molecular formula is C23H29N3O6S. The van der Waals surface area contributed by atoms with Crippen LogP contribution in [-0.4, -0.2) is 58.5 Å². The fourth-order valence-electron chi connectivity index (χ4n) is 3.69. The maximum atomic E-state index is 13.0. The van der Waals surface area contributed by atoms with Crippen LogP contribution < -0.4 is 19.5 Å². The average molecular weight is 476 g/mol. The molecule has 1 aliphatic heterocycles. The predicted octanol–water partition coefficient (Wildman–Crippen LogP) is 2.64. The first-order valence-corrected chi connectivity index (χ1v) is 12.2. The maximum absolute atomic E-state index is 13.0. The lowest BCUT2D eigenvalue weighted by atomic mass is 10.1. The first kappa shape index (κ1) is 24.4. The number of carbonyl (C=O) groups excluding carboxylic acids is 2. The minimum atomic E-state index is -3.88. The highest BCUT2D eigenvalue weighted by Crippen LogP contribution is 2.30. The first-order chi connectivity index (χ1) is 15.8. The normalized spacial score (nSPS) is 15.7. The number of hydrogen-bond acceptors (Lipinski definition) is 6. The molecule has 3 rings (SSSR count). The van der Waals surface area contributed by atoms with Crippen molar-refractivity contribution in [3.8, 4) is 11.5 Å². The van der Waals surface area contributed by atoms with Gasteiger partial charge in [0.25, 0.3) is 15.9 Å². The van der Waals surface area contributed by atoms with Crippen molar-refractivity contribution in [2.24, 2.45) is 0 Å². The van der Waals surface area contributed by atoms with Crippen LogP contribution >= 0.6 is 0 Å². The summed E-state index contributed by atoms with van der Waals surface area (Å²) in [4.78, 5) is 26.9. The average Bonchev–Trinajstić information content (AvgIpc) is 3.32. The fraction of sp³-hybridized carbons (Fsp3) is 0.391. The van der Waals surface area contributed by atoms with Crippen LogP contribution in [0.1, 0.15) is 36.5 Å². The zero-order valence-corrected chi connectivity index (χ0v) is 19.8. The zero-order chi connectivity index (χ0) is 24.0. The van der Waals surface area contributed by atoms with Crippen LogP contribution in [0.4, 0.5) is 5.69 Å². The van der Waals surface area contributed by atoms with E-state index in [1.54, 1.807) is 17.0 Å². The van der Waals surface area contributed by atoms with Gasteiger partial charge in [0, 0.05) is 30.4 Å². The molecule has 0 aliphatic carbocycles. The van der Waals surface area contributed by atoms with E-state index in [1.165, 1.54) is 44.6 Å². The smallest absolute Gasteiger partial charge is 0.262 e. The van der Waals surface area contributed by atoms with Crippen molar-refractivity contribution in [1.29, 1.82) is 0 Å². The Hall–Kier alpha value is -3.27. The number of nitrogens with zero attached hydrogens (tertiary/aromatic N) is 1. The molecule has 0 spiro atoms. The molecule has 0 saturated carbocycles. The van der Waals surface area contributed by atoms with Crippen molar-refractivity contribution in [1.82, 2.24) is 10.2 Å². The number of anilines is 1. The van der Waals surface area contributed by atoms with Gasteiger partial charge < -0.3 is 19.7 Å². The van der Waals surface area contributed by atoms with Crippen LogP contribution in [0.15, 0.2) is 47.4 Å². The van der Waals surface area contributed by atoms with E-state index in [0.29, 0.717) is 42.3 Å². The molecule has 0 radical (unpaired) electrons. The summed E-state index contributed by atoms with van der Waals surface area (Å²) < 4.78 is 38.4. The van der Waals surface area contributed by atoms with E-state index in [1.807, 2.05) is 6.92 Å². The number of methoxy groups -OCH3 is 2. The van der Waals surface area contributed by atoms with Gasteiger partial charge in [-0.15, -0.1) is 0 Å². The van der Waals surface area contributed by atoms with Gasteiger partial charge in [-0.3, -0.25) is 14.3 Å².